The third kappa shape index (κ3) is 3.97. The zero-order chi connectivity index (χ0) is 16.1. The number of benzene rings is 2. The summed E-state index contributed by atoms with van der Waals surface area (Å²) >= 11 is 0. The van der Waals surface area contributed by atoms with Crippen LogP contribution in [0.4, 0.5) is 4.79 Å². The van der Waals surface area contributed by atoms with Crippen molar-refractivity contribution in [2.75, 3.05) is 0 Å². The van der Waals surface area contributed by atoms with Gasteiger partial charge in [-0.25, -0.2) is 4.79 Å². The summed E-state index contributed by atoms with van der Waals surface area (Å²) in [4.78, 5) is 11.9. The minimum absolute atomic E-state index is 0.247. The van der Waals surface area contributed by atoms with E-state index in [4.69, 9.17) is 4.74 Å². The highest BCUT2D eigenvalue weighted by Crippen LogP contribution is 2.21. The Morgan fingerprint density at radius 3 is 2.43 bits per heavy atom. The largest absolute Gasteiger partial charge is 0.457 e. The predicted octanol–water partition coefficient (Wildman–Crippen LogP) is 3.74. The second-order valence-electron chi connectivity index (χ2n) is 5.18. The van der Waals surface area contributed by atoms with E-state index in [1.807, 2.05) is 61.5 Å². The van der Waals surface area contributed by atoms with Gasteiger partial charge in [-0.05, 0) is 42.3 Å². The van der Waals surface area contributed by atoms with Gasteiger partial charge in [0.05, 0.1) is 6.20 Å². The molecule has 1 amide bonds. The summed E-state index contributed by atoms with van der Waals surface area (Å²) in [5, 5.41) is 6.79. The predicted molar refractivity (Wildman–Crippen MR) is 87.6 cm³/mol. The van der Waals surface area contributed by atoms with Crippen LogP contribution in [0.5, 0.6) is 11.5 Å². The van der Waals surface area contributed by atoms with Gasteiger partial charge in [0.25, 0.3) is 0 Å². The lowest BCUT2D eigenvalue weighted by molar-refractivity contribution is 0.239. The number of aryl methyl sites for hydroxylation is 1. The van der Waals surface area contributed by atoms with Crippen molar-refractivity contribution in [3.63, 3.8) is 0 Å². The number of nitrogens with zero attached hydrogens (tertiary/aromatic N) is 2. The second-order valence-corrected chi connectivity index (χ2v) is 5.18. The average molecular weight is 307 g/mol. The standard InChI is InChI=1S/C18H17N3O2/c1-14-11-20-21(13-14)18(22)19-12-15-7-9-17(10-8-15)23-16-5-3-2-4-6-16/h2-11,13H,12H2,1H3,(H,19,22). The quantitative estimate of drug-likeness (QED) is 0.799. The van der Waals surface area contributed by atoms with Gasteiger partial charge in [0.15, 0.2) is 0 Å². The first kappa shape index (κ1) is 14.8. The van der Waals surface area contributed by atoms with Crippen molar-refractivity contribution in [3.05, 3.63) is 78.1 Å². The molecule has 0 fully saturated rings. The molecule has 0 spiro atoms. The van der Waals surface area contributed by atoms with E-state index in [2.05, 4.69) is 10.4 Å². The van der Waals surface area contributed by atoms with Gasteiger partial charge in [0.1, 0.15) is 11.5 Å². The number of aromatic nitrogens is 2. The van der Waals surface area contributed by atoms with Gasteiger partial charge >= 0.3 is 6.03 Å². The van der Waals surface area contributed by atoms with Crippen LogP contribution in [0.2, 0.25) is 0 Å². The number of rotatable bonds is 4. The molecule has 1 heterocycles. The maximum Gasteiger partial charge on any atom is 0.342 e. The maximum absolute atomic E-state index is 11.9. The average Bonchev–Trinajstić information content (AvgIpc) is 3.01. The molecule has 0 saturated carbocycles. The zero-order valence-electron chi connectivity index (χ0n) is 12.8. The Balaban J connectivity index is 1.56. The van der Waals surface area contributed by atoms with E-state index in [9.17, 15) is 4.79 Å². The minimum atomic E-state index is -0.247. The number of ether oxygens (including phenoxy) is 1. The number of hydrogen-bond donors (Lipinski definition) is 1. The normalized spacial score (nSPS) is 10.3. The smallest absolute Gasteiger partial charge is 0.342 e. The van der Waals surface area contributed by atoms with Gasteiger partial charge in [-0.3, -0.25) is 0 Å². The lowest BCUT2D eigenvalue weighted by Gasteiger charge is -2.08. The molecule has 2 aromatic carbocycles. The van der Waals surface area contributed by atoms with Gasteiger partial charge in [0, 0.05) is 12.7 Å². The fourth-order valence-corrected chi connectivity index (χ4v) is 2.08. The van der Waals surface area contributed by atoms with E-state index in [1.165, 1.54) is 4.68 Å². The molecule has 0 unspecified atom stereocenters. The Morgan fingerprint density at radius 2 is 1.78 bits per heavy atom. The van der Waals surface area contributed by atoms with Crippen LogP contribution in [0.3, 0.4) is 0 Å². The highest BCUT2D eigenvalue weighted by Gasteiger charge is 2.05. The van der Waals surface area contributed by atoms with E-state index in [0.29, 0.717) is 6.54 Å². The van der Waals surface area contributed by atoms with Gasteiger partial charge < -0.3 is 10.1 Å². The van der Waals surface area contributed by atoms with E-state index in [0.717, 1.165) is 22.6 Å². The molecule has 0 aliphatic heterocycles. The third-order valence-electron chi connectivity index (χ3n) is 3.27. The van der Waals surface area contributed by atoms with Crippen LogP contribution < -0.4 is 10.1 Å². The molecule has 1 aromatic heterocycles. The maximum atomic E-state index is 11.9. The molecule has 23 heavy (non-hydrogen) atoms. The van der Waals surface area contributed by atoms with Crippen molar-refractivity contribution in [3.8, 4) is 11.5 Å². The summed E-state index contributed by atoms with van der Waals surface area (Å²) in [6.07, 6.45) is 3.33. The van der Waals surface area contributed by atoms with Crippen LogP contribution >= 0.6 is 0 Å². The Morgan fingerprint density at radius 1 is 1.09 bits per heavy atom. The monoisotopic (exact) mass is 307 g/mol. The van der Waals surface area contributed by atoms with Gasteiger partial charge in [0.2, 0.25) is 0 Å². The molecule has 3 aromatic rings. The van der Waals surface area contributed by atoms with Crippen molar-refractivity contribution < 1.29 is 9.53 Å². The van der Waals surface area contributed by atoms with Crippen LogP contribution in [0.15, 0.2) is 67.0 Å². The summed E-state index contributed by atoms with van der Waals surface area (Å²) < 4.78 is 7.02. The Kier molecular flexibility index (Phi) is 4.38. The fraction of sp³-hybridized carbons (Fsp3) is 0.111. The molecule has 0 aliphatic carbocycles. The van der Waals surface area contributed by atoms with Crippen LogP contribution in [0.1, 0.15) is 11.1 Å². The van der Waals surface area contributed by atoms with Crippen LogP contribution in [0.25, 0.3) is 0 Å². The number of carbonyl (C=O) groups excluding carboxylic acids is 1. The molecular weight excluding hydrogens is 290 g/mol. The van der Waals surface area contributed by atoms with E-state index in [1.54, 1.807) is 12.4 Å². The van der Waals surface area contributed by atoms with Gasteiger partial charge in [-0.2, -0.15) is 9.78 Å². The summed E-state index contributed by atoms with van der Waals surface area (Å²) in [6.45, 7) is 2.32. The van der Waals surface area contributed by atoms with E-state index in [-0.39, 0.29) is 6.03 Å². The molecule has 1 N–H and O–H groups in total. The van der Waals surface area contributed by atoms with Gasteiger partial charge in [-0.15, -0.1) is 0 Å². The Labute approximate surface area is 134 Å². The molecule has 5 heteroatoms. The summed E-state index contributed by atoms with van der Waals surface area (Å²) in [6, 6.07) is 17.0. The molecule has 5 nitrogen and oxygen atoms in total. The summed E-state index contributed by atoms with van der Waals surface area (Å²) in [5.41, 5.74) is 1.94. The SMILES string of the molecule is Cc1cnn(C(=O)NCc2ccc(Oc3ccccc3)cc2)c1. The van der Waals surface area contributed by atoms with E-state index >= 15 is 0 Å². The Bertz CT molecular complexity index is 780. The van der Waals surface area contributed by atoms with Gasteiger partial charge in [-0.1, -0.05) is 30.3 Å². The molecule has 116 valence electrons. The molecule has 0 saturated heterocycles. The van der Waals surface area contributed by atoms with Crippen molar-refractivity contribution in [2.24, 2.45) is 0 Å². The first-order valence-corrected chi connectivity index (χ1v) is 7.32. The van der Waals surface area contributed by atoms with Crippen molar-refractivity contribution in [2.45, 2.75) is 13.5 Å². The summed E-state index contributed by atoms with van der Waals surface area (Å²) in [5.74, 6) is 1.55. The van der Waals surface area contributed by atoms with Crippen molar-refractivity contribution >= 4 is 6.03 Å². The van der Waals surface area contributed by atoms with Crippen LogP contribution in [-0.2, 0) is 6.54 Å². The van der Waals surface area contributed by atoms with Crippen molar-refractivity contribution in [1.82, 2.24) is 15.1 Å². The number of amides is 1. The molecule has 0 bridgehead atoms. The third-order valence-corrected chi connectivity index (χ3v) is 3.27. The first-order chi connectivity index (χ1) is 11.2. The molecule has 3 rings (SSSR count). The summed E-state index contributed by atoms with van der Waals surface area (Å²) in [7, 11) is 0. The first-order valence-electron chi connectivity index (χ1n) is 7.32. The molecule has 0 radical (unpaired) electrons. The van der Waals surface area contributed by atoms with Crippen LogP contribution in [-0.4, -0.2) is 15.8 Å². The molecule has 0 aliphatic rings. The Hall–Kier alpha value is -3.08. The highest BCUT2D eigenvalue weighted by molar-refractivity contribution is 5.75. The topological polar surface area (TPSA) is 56.2 Å². The van der Waals surface area contributed by atoms with E-state index < -0.39 is 0 Å². The lowest BCUT2D eigenvalue weighted by atomic mass is 10.2. The molecule has 0 atom stereocenters. The van der Waals surface area contributed by atoms with Crippen LogP contribution in [0, 0.1) is 6.92 Å². The second kappa shape index (κ2) is 6.79. The minimum Gasteiger partial charge on any atom is -0.457 e. The fourth-order valence-electron chi connectivity index (χ4n) is 2.08. The molecular formula is C18H17N3O2. The number of hydrogen-bond acceptors (Lipinski definition) is 3. The number of carbonyl (C=O) groups is 1. The van der Waals surface area contributed by atoms with Crippen molar-refractivity contribution in [1.29, 1.82) is 0 Å². The zero-order valence-corrected chi connectivity index (χ0v) is 12.8. The number of nitrogens with one attached hydrogen (secondary N) is 1. The lowest BCUT2D eigenvalue weighted by Crippen LogP contribution is -2.28. The highest BCUT2D eigenvalue weighted by atomic mass is 16.5. The number of para-hydroxylation sites is 1.